The maximum atomic E-state index is 12.6. The normalized spacial score (nSPS) is 18.5. The van der Waals surface area contributed by atoms with Crippen molar-refractivity contribution in [1.29, 1.82) is 0 Å². The molecular weight excluding hydrogens is 318 g/mol. The van der Waals surface area contributed by atoms with E-state index in [0.717, 1.165) is 6.42 Å². The molecule has 2 N–H and O–H groups in total. The zero-order chi connectivity index (χ0) is 17.0. The van der Waals surface area contributed by atoms with Crippen molar-refractivity contribution in [1.82, 2.24) is 15.2 Å². The van der Waals surface area contributed by atoms with E-state index in [-0.39, 0.29) is 23.2 Å². The number of aromatic carboxylic acids is 1. The van der Waals surface area contributed by atoms with Gasteiger partial charge in [0.2, 0.25) is 5.91 Å². The number of nitrogens with one attached hydrogen (secondary N) is 1. The highest BCUT2D eigenvalue weighted by Gasteiger charge is 2.36. The molecule has 8 heteroatoms. The van der Waals surface area contributed by atoms with Crippen LogP contribution in [0.3, 0.4) is 0 Å². The number of carboxylic acid groups (broad SMARTS) is 1. The van der Waals surface area contributed by atoms with Crippen LogP contribution in [0.15, 0.2) is 18.3 Å². The van der Waals surface area contributed by atoms with Gasteiger partial charge >= 0.3 is 5.97 Å². The lowest BCUT2D eigenvalue weighted by Gasteiger charge is -2.24. The summed E-state index contributed by atoms with van der Waals surface area (Å²) in [6.07, 6.45) is 2.09. The van der Waals surface area contributed by atoms with Gasteiger partial charge in [0, 0.05) is 18.0 Å². The first-order chi connectivity index (χ1) is 10.9. The second kappa shape index (κ2) is 7.45. The molecule has 1 fully saturated rings. The molecular formula is C15H19N3O4S. The number of aromatic nitrogens is 1. The molecule has 124 valence electrons. The van der Waals surface area contributed by atoms with Gasteiger partial charge in [-0.15, -0.1) is 11.8 Å². The van der Waals surface area contributed by atoms with Gasteiger partial charge in [-0.3, -0.25) is 14.6 Å². The number of carbonyl (C=O) groups is 3. The summed E-state index contributed by atoms with van der Waals surface area (Å²) in [4.78, 5) is 41.3. The zero-order valence-corrected chi connectivity index (χ0v) is 13.8. The third kappa shape index (κ3) is 4.01. The average molecular weight is 337 g/mol. The molecule has 7 nitrogen and oxygen atoms in total. The van der Waals surface area contributed by atoms with E-state index in [9.17, 15) is 14.4 Å². The molecule has 1 aliphatic rings. The molecule has 2 heterocycles. The van der Waals surface area contributed by atoms with Crippen molar-refractivity contribution in [3.63, 3.8) is 0 Å². The third-order valence-corrected chi connectivity index (χ3v) is 4.69. The Hall–Kier alpha value is -2.09. The number of hydrogen-bond donors (Lipinski definition) is 2. The third-order valence-electron chi connectivity index (χ3n) is 3.67. The van der Waals surface area contributed by atoms with Crippen LogP contribution in [0.5, 0.6) is 0 Å². The minimum absolute atomic E-state index is 0.00388. The lowest BCUT2D eigenvalue weighted by molar-refractivity contribution is -0.125. The highest BCUT2D eigenvalue weighted by molar-refractivity contribution is 7.99. The number of rotatable bonds is 5. The van der Waals surface area contributed by atoms with Gasteiger partial charge in [0.25, 0.3) is 5.91 Å². The van der Waals surface area contributed by atoms with Crippen LogP contribution in [0.2, 0.25) is 0 Å². The van der Waals surface area contributed by atoms with E-state index < -0.39 is 17.9 Å². The molecule has 0 radical (unpaired) electrons. The second-order valence-electron chi connectivity index (χ2n) is 5.34. The van der Waals surface area contributed by atoms with E-state index in [1.165, 1.54) is 35.0 Å². The van der Waals surface area contributed by atoms with Crippen LogP contribution in [-0.4, -0.2) is 56.5 Å². The molecule has 23 heavy (non-hydrogen) atoms. The minimum Gasteiger partial charge on any atom is -0.478 e. The fraction of sp³-hybridized carbons (Fsp3) is 0.467. The van der Waals surface area contributed by atoms with Crippen LogP contribution in [-0.2, 0) is 4.79 Å². The predicted octanol–water partition coefficient (Wildman–Crippen LogP) is 1.21. The maximum Gasteiger partial charge on any atom is 0.335 e. The summed E-state index contributed by atoms with van der Waals surface area (Å²) in [6.45, 7) is 3.88. The number of amides is 2. The number of nitrogens with zero attached hydrogens (tertiary/aromatic N) is 2. The Bertz CT molecular complexity index is 622. The van der Waals surface area contributed by atoms with Gasteiger partial charge in [-0.1, -0.05) is 6.92 Å². The van der Waals surface area contributed by atoms with Gasteiger partial charge in [-0.2, -0.15) is 0 Å². The van der Waals surface area contributed by atoms with E-state index >= 15 is 0 Å². The van der Waals surface area contributed by atoms with Gasteiger partial charge in [0.1, 0.15) is 11.7 Å². The Labute approximate surface area is 138 Å². The summed E-state index contributed by atoms with van der Waals surface area (Å²) in [5.74, 6) is -0.832. The summed E-state index contributed by atoms with van der Waals surface area (Å²) in [5.41, 5.74) is 0.0320. The molecule has 1 aromatic heterocycles. The van der Waals surface area contributed by atoms with Crippen molar-refractivity contribution < 1.29 is 19.5 Å². The van der Waals surface area contributed by atoms with E-state index in [4.69, 9.17) is 5.11 Å². The largest absolute Gasteiger partial charge is 0.478 e. The number of carbonyl (C=O) groups excluding carboxylic acids is 2. The van der Waals surface area contributed by atoms with E-state index in [2.05, 4.69) is 10.3 Å². The first-order valence-corrected chi connectivity index (χ1v) is 8.48. The Balaban J connectivity index is 2.16. The van der Waals surface area contributed by atoms with Gasteiger partial charge in [0.15, 0.2) is 0 Å². The van der Waals surface area contributed by atoms with Crippen molar-refractivity contribution in [2.24, 2.45) is 0 Å². The van der Waals surface area contributed by atoms with E-state index in [0.29, 0.717) is 11.6 Å². The second-order valence-corrected chi connectivity index (χ2v) is 6.34. The Kier molecular flexibility index (Phi) is 5.59. The molecule has 0 aliphatic carbocycles. The van der Waals surface area contributed by atoms with Crippen LogP contribution in [0.1, 0.15) is 41.1 Å². The van der Waals surface area contributed by atoms with Gasteiger partial charge < -0.3 is 15.3 Å². The van der Waals surface area contributed by atoms with Crippen LogP contribution in [0.4, 0.5) is 0 Å². The van der Waals surface area contributed by atoms with Gasteiger partial charge in [-0.25, -0.2) is 4.79 Å². The summed E-state index contributed by atoms with van der Waals surface area (Å²) in [6, 6.07) is 2.04. The highest BCUT2D eigenvalue weighted by Crippen LogP contribution is 2.23. The lowest BCUT2D eigenvalue weighted by Crippen LogP contribution is -2.49. The summed E-state index contributed by atoms with van der Waals surface area (Å²) < 4.78 is 0. The van der Waals surface area contributed by atoms with Crippen molar-refractivity contribution >= 4 is 29.5 Å². The molecule has 2 unspecified atom stereocenters. The van der Waals surface area contributed by atoms with E-state index in [1.807, 2.05) is 13.8 Å². The first-order valence-electron chi connectivity index (χ1n) is 7.32. The first kappa shape index (κ1) is 17.3. The van der Waals surface area contributed by atoms with Crippen LogP contribution >= 0.6 is 11.8 Å². The number of thioether (sulfide) groups is 1. The molecule has 2 amide bonds. The number of carboxylic acids is 1. The molecule has 1 aromatic rings. The van der Waals surface area contributed by atoms with Crippen LogP contribution in [0, 0.1) is 0 Å². The minimum atomic E-state index is -1.12. The quantitative estimate of drug-likeness (QED) is 0.838. The van der Waals surface area contributed by atoms with Crippen molar-refractivity contribution in [2.75, 3.05) is 11.6 Å². The molecule has 0 spiro atoms. The summed E-state index contributed by atoms with van der Waals surface area (Å²) in [5, 5.41) is 11.9. The predicted molar refractivity (Wildman–Crippen MR) is 86.4 cm³/mol. The fourth-order valence-electron chi connectivity index (χ4n) is 2.13. The topological polar surface area (TPSA) is 99.6 Å². The fourth-order valence-corrected chi connectivity index (χ4v) is 3.28. The van der Waals surface area contributed by atoms with Crippen molar-refractivity contribution in [3.05, 3.63) is 29.6 Å². The van der Waals surface area contributed by atoms with Gasteiger partial charge in [-0.05, 0) is 25.5 Å². The molecule has 0 bridgehead atoms. The van der Waals surface area contributed by atoms with Crippen LogP contribution in [0.25, 0.3) is 0 Å². The van der Waals surface area contributed by atoms with Crippen molar-refractivity contribution in [3.8, 4) is 0 Å². The van der Waals surface area contributed by atoms with Gasteiger partial charge in [0.05, 0.1) is 11.4 Å². The SMILES string of the molecule is CCC(C)NC(=O)C1CSCN1C(=O)c1cc(C(=O)O)ccn1. The molecule has 1 aliphatic heterocycles. The number of hydrogen-bond acceptors (Lipinski definition) is 5. The molecule has 0 saturated carbocycles. The summed E-state index contributed by atoms with van der Waals surface area (Å²) in [7, 11) is 0. The average Bonchev–Trinajstić information content (AvgIpc) is 3.03. The molecule has 0 aromatic carbocycles. The Morgan fingerprint density at radius 1 is 1.52 bits per heavy atom. The zero-order valence-electron chi connectivity index (χ0n) is 13.0. The van der Waals surface area contributed by atoms with E-state index in [1.54, 1.807) is 0 Å². The van der Waals surface area contributed by atoms with Crippen LogP contribution < -0.4 is 5.32 Å². The maximum absolute atomic E-state index is 12.6. The standard InChI is InChI=1S/C15H19N3O4S/c1-3-9(2)17-13(19)12-7-23-8-18(12)14(20)11-6-10(15(21)22)4-5-16-11/h4-6,9,12H,3,7-8H2,1-2H3,(H,17,19)(H,21,22). The molecule has 1 saturated heterocycles. The molecule has 2 atom stereocenters. The Morgan fingerprint density at radius 3 is 2.91 bits per heavy atom. The highest BCUT2D eigenvalue weighted by atomic mass is 32.2. The van der Waals surface area contributed by atoms with Crippen molar-refractivity contribution in [2.45, 2.75) is 32.4 Å². The number of pyridine rings is 1. The molecule has 2 rings (SSSR count). The smallest absolute Gasteiger partial charge is 0.335 e. The Morgan fingerprint density at radius 2 is 2.26 bits per heavy atom. The monoisotopic (exact) mass is 337 g/mol. The summed E-state index contributed by atoms with van der Waals surface area (Å²) >= 11 is 1.49. The lowest BCUT2D eigenvalue weighted by atomic mass is 10.2.